The molecule has 0 saturated carbocycles. The van der Waals surface area contributed by atoms with Crippen LogP contribution >= 0.6 is 0 Å². The molecule has 0 aliphatic carbocycles. The maximum atomic E-state index is 13.0. The van der Waals surface area contributed by atoms with Crippen molar-refractivity contribution in [1.29, 1.82) is 0 Å². The molecule has 1 aliphatic rings. The van der Waals surface area contributed by atoms with Crippen LogP contribution in [0, 0.1) is 0 Å². The number of carbonyl (C=O) groups is 1. The Bertz CT molecular complexity index is 920. The highest BCUT2D eigenvalue weighted by molar-refractivity contribution is 6.13. The first-order valence-electron chi connectivity index (χ1n) is 9.10. The second kappa shape index (κ2) is 8.61. The minimum Gasteiger partial charge on any atom is -0.493 e. The summed E-state index contributed by atoms with van der Waals surface area (Å²) in [6.45, 7) is 0.948. The molecule has 2 N–H and O–H groups in total. The highest BCUT2D eigenvalue weighted by Gasteiger charge is 2.25. The van der Waals surface area contributed by atoms with E-state index in [-0.39, 0.29) is 5.91 Å². The van der Waals surface area contributed by atoms with Crippen molar-refractivity contribution in [3.8, 4) is 11.5 Å². The van der Waals surface area contributed by atoms with Gasteiger partial charge in [-0.15, -0.1) is 0 Å². The highest BCUT2D eigenvalue weighted by atomic mass is 16.5. The van der Waals surface area contributed by atoms with Crippen molar-refractivity contribution in [2.45, 2.75) is 6.42 Å². The van der Waals surface area contributed by atoms with Crippen molar-refractivity contribution < 1.29 is 14.3 Å². The molecular weight excluding hydrogens is 354 g/mol. The van der Waals surface area contributed by atoms with Crippen LogP contribution in [0.5, 0.6) is 11.5 Å². The smallest absolute Gasteiger partial charge is 0.254 e. The topological polar surface area (TPSA) is 77.2 Å². The van der Waals surface area contributed by atoms with Gasteiger partial charge in [0.15, 0.2) is 11.5 Å². The standard InChI is InChI=1S/C22H25N3O3/c1-24-21(15-7-5-4-6-8-15)17-11-12-25(14-18(17)23)22(26)16-9-10-19(27-2)20(13-16)28-3/h4-10,13H,11-12,14,23H2,1-3H3. The Kier molecular flexibility index (Phi) is 5.99. The van der Waals surface area contributed by atoms with Crippen LogP contribution in [0.25, 0.3) is 0 Å². The third kappa shape index (κ3) is 3.86. The lowest BCUT2D eigenvalue weighted by atomic mass is 9.95. The van der Waals surface area contributed by atoms with Gasteiger partial charge in [-0.1, -0.05) is 30.3 Å². The Hall–Kier alpha value is -3.28. The first-order valence-corrected chi connectivity index (χ1v) is 9.10. The number of rotatable bonds is 5. The fraction of sp³-hybridized carbons (Fsp3) is 0.273. The van der Waals surface area contributed by atoms with E-state index in [1.54, 1.807) is 44.4 Å². The third-order valence-electron chi connectivity index (χ3n) is 4.85. The lowest BCUT2D eigenvalue weighted by molar-refractivity contribution is 0.0763. The van der Waals surface area contributed by atoms with Crippen LogP contribution in [-0.2, 0) is 0 Å². The van der Waals surface area contributed by atoms with E-state index in [0.717, 1.165) is 16.8 Å². The normalized spacial score (nSPS) is 14.8. The minimum atomic E-state index is -0.0855. The van der Waals surface area contributed by atoms with Gasteiger partial charge in [-0.2, -0.15) is 0 Å². The lowest BCUT2D eigenvalue weighted by Crippen LogP contribution is -2.40. The Morgan fingerprint density at radius 1 is 1.04 bits per heavy atom. The number of hydrogen-bond acceptors (Lipinski definition) is 5. The molecule has 3 rings (SSSR count). The van der Waals surface area contributed by atoms with Gasteiger partial charge in [0.1, 0.15) is 0 Å². The van der Waals surface area contributed by atoms with Gasteiger partial charge < -0.3 is 20.1 Å². The summed E-state index contributed by atoms with van der Waals surface area (Å²) in [5, 5.41) is 0. The molecular formula is C22H25N3O3. The SMILES string of the molecule is CN=C(C1=C(N)CN(C(=O)c2ccc(OC)c(OC)c2)CC1)c1ccccc1. The number of benzene rings is 2. The summed E-state index contributed by atoms with van der Waals surface area (Å²) in [6, 6.07) is 15.1. The number of methoxy groups -OCH3 is 2. The van der Waals surface area contributed by atoms with Crippen molar-refractivity contribution in [2.75, 3.05) is 34.4 Å². The van der Waals surface area contributed by atoms with Crippen LogP contribution in [0.4, 0.5) is 0 Å². The number of aliphatic imine (C=N–C) groups is 1. The second-order valence-corrected chi connectivity index (χ2v) is 6.49. The first-order chi connectivity index (χ1) is 13.6. The van der Waals surface area contributed by atoms with E-state index in [1.807, 2.05) is 30.3 Å². The van der Waals surface area contributed by atoms with Crippen molar-refractivity contribution in [3.63, 3.8) is 0 Å². The zero-order valence-electron chi connectivity index (χ0n) is 16.4. The van der Waals surface area contributed by atoms with Gasteiger partial charge in [0.2, 0.25) is 0 Å². The Morgan fingerprint density at radius 2 is 1.75 bits per heavy atom. The predicted octanol–water partition coefficient (Wildman–Crippen LogP) is 2.88. The molecule has 0 bridgehead atoms. The molecule has 6 nitrogen and oxygen atoms in total. The molecule has 0 fully saturated rings. The molecule has 0 aromatic heterocycles. The van der Waals surface area contributed by atoms with Crippen molar-refractivity contribution in [3.05, 3.63) is 70.9 Å². The summed E-state index contributed by atoms with van der Waals surface area (Å²) >= 11 is 0. The average Bonchev–Trinajstić information content (AvgIpc) is 2.75. The molecule has 2 aromatic rings. The Balaban J connectivity index is 1.82. The van der Waals surface area contributed by atoms with E-state index in [4.69, 9.17) is 15.2 Å². The number of nitrogens with zero attached hydrogens (tertiary/aromatic N) is 2. The third-order valence-corrected chi connectivity index (χ3v) is 4.85. The molecule has 6 heteroatoms. The maximum Gasteiger partial charge on any atom is 0.254 e. The van der Waals surface area contributed by atoms with Gasteiger partial charge in [0, 0.05) is 30.4 Å². The van der Waals surface area contributed by atoms with Gasteiger partial charge in [0.05, 0.1) is 26.5 Å². The summed E-state index contributed by atoms with van der Waals surface area (Å²) in [5.74, 6) is 1.03. The highest BCUT2D eigenvalue weighted by Crippen LogP contribution is 2.29. The summed E-state index contributed by atoms with van der Waals surface area (Å²) < 4.78 is 10.5. The summed E-state index contributed by atoms with van der Waals surface area (Å²) in [5.41, 5.74) is 10.5. The van der Waals surface area contributed by atoms with Gasteiger partial charge in [0.25, 0.3) is 5.91 Å². The minimum absolute atomic E-state index is 0.0855. The molecule has 28 heavy (non-hydrogen) atoms. The molecule has 1 amide bonds. The van der Waals surface area contributed by atoms with E-state index < -0.39 is 0 Å². The molecule has 2 aromatic carbocycles. The molecule has 1 aliphatic heterocycles. The largest absolute Gasteiger partial charge is 0.493 e. The summed E-state index contributed by atoms with van der Waals surface area (Å²) in [6.07, 6.45) is 0.659. The van der Waals surface area contributed by atoms with E-state index in [1.165, 1.54) is 0 Å². The average molecular weight is 379 g/mol. The van der Waals surface area contributed by atoms with Gasteiger partial charge in [-0.3, -0.25) is 9.79 Å². The van der Waals surface area contributed by atoms with Crippen LogP contribution in [-0.4, -0.2) is 50.9 Å². The fourth-order valence-electron chi connectivity index (χ4n) is 3.42. The van der Waals surface area contributed by atoms with Crippen molar-refractivity contribution >= 4 is 11.6 Å². The van der Waals surface area contributed by atoms with Gasteiger partial charge in [-0.05, 0) is 30.2 Å². The van der Waals surface area contributed by atoms with Crippen LogP contribution in [0.1, 0.15) is 22.3 Å². The first kappa shape index (κ1) is 19.5. The van der Waals surface area contributed by atoms with E-state index in [2.05, 4.69) is 4.99 Å². The number of carbonyl (C=O) groups excluding carboxylic acids is 1. The molecule has 0 atom stereocenters. The molecule has 0 spiro atoms. The van der Waals surface area contributed by atoms with Crippen LogP contribution < -0.4 is 15.2 Å². The lowest BCUT2D eigenvalue weighted by Gasteiger charge is -2.30. The monoisotopic (exact) mass is 379 g/mol. The Morgan fingerprint density at radius 3 is 2.36 bits per heavy atom. The van der Waals surface area contributed by atoms with E-state index in [0.29, 0.717) is 42.3 Å². The fourth-order valence-corrected chi connectivity index (χ4v) is 3.42. The van der Waals surface area contributed by atoms with Crippen LogP contribution in [0.15, 0.2) is 64.8 Å². The number of nitrogens with two attached hydrogens (primary N) is 1. The molecule has 0 unspecified atom stereocenters. The van der Waals surface area contributed by atoms with Crippen LogP contribution in [0.3, 0.4) is 0 Å². The molecule has 1 heterocycles. The molecule has 0 radical (unpaired) electrons. The van der Waals surface area contributed by atoms with Gasteiger partial charge in [-0.25, -0.2) is 0 Å². The second-order valence-electron chi connectivity index (χ2n) is 6.49. The number of hydrogen-bond donors (Lipinski definition) is 1. The Labute approximate surface area is 165 Å². The summed E-state index contributed by atoms with van der Waals surface area (Å²) in [7, 11) is 4.88. The number of amides is 1. The molecule has 0 saturated heterocycles. The van der Waals surface area contributed by atoms with Crippen molar-refractivity contribution in [2.24, 2.45) is 10.7 Å². The van der Waals surface area contributed by atoms with Crippen molar-refractivity contribution in [1.82, 2.24) is 4.90 Å². The molecule has 146 valence electrons. The van der Waals surface area contributed by atoms with E-state index >= 15 is 0 Å². The predicted molar refractivity (Wildman–Crippen MR) is 110 cm³/mol. The van der Waals surface area contributed by atoms with Gasteiger partial charge >= 0.3 is 0 Å². The maximum absolute atomic E-state index is 13.0. The zero-order chi connectivity index (χ0) is 20.1. The number of ether oxygens (including phenoxy) is 2. The quantitative estimate of drug-likeness (QED) is 0.811. The van der Waals surface area contributed by atoms with Crippen LogP contribution in [0.2, 0.25) is 0 Å². The summed E-state index contributed by atoms with van der Waals surface area (Å²) in [4.78, 5) is 19.1. The van der Waals surface area contributed by atoms with E-state index in [9.17, 15) is 4.79 Å². The zero-order valence-corrected chi connectivity index (χ0v) is 16.4.